The zero-order valence-corrected chi connectivity index (χ0v) is 13.5. The van der Waals surface area contributed by atoms with Crippen LogP contribution in [0.3, 0.4) is 0 Å². The van der Waals surface area contributed by atoms with Gasteiger partial charge < -0.3 is 5.73 Å². The average Bonchev–Trinajstić information content (AvgIpc) is 2.66. The van der Waals surface area contributed by atoms with Crippen molar-refractivity contribution in [3.63, 3.8) is 0 Å². The summed E-state index contributed by atoms with van der Waals surface area (Å²) in [6.45, 7) is 0. The van der Waals surface area contributed by atoms with Gasteiger partial charge in [-0.25, -0.2) is 9.37 Å². The first-order valence-corrected chi connectivity index (χ1v) is 7.39. The lowest BCUT2D eigenvalue weighted by atomic mass is 10.2. The van der Waals surface area contributed by atoms with E-state index in [1.165, 1.54) is 6.07 Å². The Morgan fingerprint density at radius 1 is 1.20 bits per heavy atom. The fourth-order valence-electron chi connectivity index (χ4n) is 2.01. The Labute approximate surface area is 137 Å². The summed E-state index contributed by atoms with van der Waals surface area (Å²) in [6, 6.07) is 8.05. The number of nitrogens with two attached hydrogens (primary N) is 1. The van der Waals surface area contributed by atoms with Crippen molar-refractivity contribution in [2.24, 2.45) is 0 Å². The zero-order valence-electron chi connectivity index (χ0n) is 9.87. The van der Waals surface area contributed by atoms with Crippen LogP contribution in [0.2, 0.25) is 10.0 Å². The van der Waals surface area contributed by atoms with E-state index in [1.54, 1.807) is 28.8 Å². The van der Waals surface area contributed by atoms with Crippen molar-refractivity contribution < 1.29 is 4.39 Å². The van der Waals surface area contributed by atoms with Crippen LogP contribution in [0.1, 0.15) is 0 Å². The zero-order chi connectivity index (χ0) is 14.4. The van der Waals surface area contributed by atoms with Crippen molar-refractivity contribution in [1.29, 1.82) is 0 Å². The summed E-state index contributed by atoms with van der Waals surface area (Å²) in [5.74, 6) is -0.0880. The van der Waals surface area contributed by atoms with Gasteiger partial charge in [-0.3, -0.25) is 4.57 Å². The lowest BCUT2D eigenvalue weighted by Gasteiger charge is -2.09. The largest absolute Gasteiger partial charge is 0.369 e. The van der Waals surface area contributed by atoms with Gasteiger partial charge in [0, 0.05) is 11.1 Å². The summed E-state index contributed by atoms with van der Waals surface area (Å²) in [5, 5.41) is 0.935. The van der Waals surface area contributed by atoms with Crippen molar-refractivity contribution in [2.45, 2.75) is 0 Å². The Kier molecular flexibility index (Phi) is 3.51. The maximum Gasteiger partial charge on any atom is 0.205 e. The number of rotatable bonds is 1. The van der Waals surface area contributed by atoms with Crippen LogP contribution in [-0.2, 0) is 0 Å². The minimum absolute atomic E-state index is 0.241. The number of nitrogen functional groups attached to an aromatic ring is 1. The first-order chi connectivity index (χ1) is 9.47. The van der Waals surface area contributed by atoms with Gasteiger partial charge >= 0.3 is 0 Å². The van der Waals surface area contributed by atoms with Crippen LogP contribution in [0.5, 0.6) is 0 Å². The number of aromatic nitrogens is 2. The van der Waals surface area contributed by atoms with E-state index >= 15 is 0 Å². The fourth-order valence-corrected chi connectivity index (χ4v) is 2.95. The van der Waals surface area contributed by atoms with Gasteiger partial charge in [0.15, 0.2) is 0 Å². The third kappa shape index (κ3) is 2.23. The number of fused-ring (bicyclic) bond motifs is 1. The number of hydrogen-bond donors (Lipinski definition) is 1. The molecule has 0 unspecified atom stereocenters. The molecule has 0 aliphatic heterocycles. The molecule has 2 aromatic carbocycles. The lowest BCUT2D eigenvalue weighted by Crippen LogP contribution is -2.01. The minimum Gasteiger partial charge on any atom is -0.369 e. The Balaban J connectivity index is 2.35. The lowest BCUT2D eigenvalue weighted by molar-refractivity contribution is 0.622. The molecule has 0 spiro atoms. The van der Waals surface area contributed by atoms with E-state index in [9.17, 15) is 4.39 Å². The smallest absolute Gasteiger partial charge is 0.205 e. The highest BCUT2D eigenvalue weighted by atomic mass is 127. The molecule has 7 heteroatoms. The SMILES string of the molecule is Nc1nc2cc(I)c(F)cc2n1-c1ccc(Cl)cc1Cl. The van der Waals surface area contributed by atoms with Crippen molar-refractivity contribution in [3.05, 3.63) is 49.8 Å². The number of hydrogen-bond acceptors (Lipinski definition) is 2. The van der Waals surface area contributed by atoms with Crippen LogP contribution >= 0.6 is 45.8 Å². The molecular formula is C13H7Cl2FIN3. The van der Waals surface area contributed by atoms with Gasteiger partial charge in [-0.05, 0) is 46.9 Å². The van der Waals surface area contributed by atoms with Gasteiger partial charge in [0.2, 0.25) is 5.95 Å². The van der Waals surface area contributed by atoms with E-state index < -0.39 is 0 Å². The molecule has 0 radical (unpaired) electrons. The van der Waals surface area contributed by atoms with Crippen molar-refractivity contribution in [2.75, 3.05) is 5.73 Å². The third-order valence-electron chi connectivity index (χ3n) is 2.87. The third-order valence-corrected chi connectivity index (χ3v) is 4.24. The summed E-state index contributed by atoms with van der Waals surface area (Å²) in [6.07, 6.45) is 0. The van der Waals surface area contributed by atoms with Gasteiger partial charge in [0.1, 0.15) is 5.82 Å². The minimum atomic E-state index is -0.329. The molecule has 0 fully saturated rings. The van der Waals surface area contributed by atoms with E-state index in [0.29, 0.717) is 30.3 Å². The first-order valence-electron chi connectivity index (χ1n) is 5.56. The quantitative estimate of drug-likeness (QED) is 0.581. The van der Waals surface area contributed by atoms with Crippen LogP contribution in [-0.4, -0.2) is 9.55 Å². The maximum absolute atomic E-state index is 13.8. The monoisotopic (exact) mass is 421 g/mol. The predicted molar refractivity (Wildman–Crippen MR) is 88.2 cm³/mol. The molecule has 3 rings (SSSR count). The number of nitrogens with zero attached hydrogens (tertiary/aromatic N) is 2. The number of anilines is 1. The first kappa shape index (κ1) is 13.9. The van der Waals surface area contributed by atoms with E-state index in [0.717, 1.165) is 0 Å². The fraction of sp³-hybridized carbons (Fsp3) is 0. The molecule has 0 atom stereocenters. The molecule has 102 valence electrons. The molecule has 1 aromatic heterocycles. The van der Waals surface area contributed by atoms with E-state index in [2.05, 4.69) is 4.98 Å². The Hall–Kier alpha value is -1.05. The van der Waals surface area contributed by atoms with E-state index in [4.69, 9.17) is 28.9 Å². The molecule has 0 aliphatic carbocycles. The van der Waals surface area contributed by atoms with Gasteiger partial charge in [0.25, 0.3) is 0 Å². The average molecular weight is 422 g/mol. The second-order valence-electron chi connectivity index (χ2n) is 4.16. The molecule has 2 N–H and O–H groups in total. The highest BCUT2D eigenvalue weighted by Gasteiger charge is 2.15. The summed E-state index contributed by atoms with van der Waals surface area (Å²) in [7, 11) is 0. The van der Waals surface area contributed by atoms with Gasteiger partial charge in [-0.1, -0.05) is 23.2 Å². The maximum atomic E-state index is 13.8. The molecule has 3 nitrogen and oxygen atoms in total. The van der Waals surface area contributed by atoms with Crippen molar-refractivity contribution in [3.8, 4) is 5.69 Å². The van der Waals surface area contributed by atoms with E-state index in [1.807, 2.05) is 22.6 Å². The standard InChI is InChI=1S/C13H7Cl2FIN3/c14-6-1-2-11(7(15)3-6)20-12-4-8(16)9(17)5-10(12)19-13(20)18/h1-5H,(H2,18,19). The normalized spacial score (nSPS) is 11.2. The highest BCUT2D eigenvalue weighted by molar-refractivity contribution is 14.1. The highest BCUT2D eigenvalue weighted by Crippen LogP contribution is 2.31. The molecular weight excluding hydrogens is 415 g/mol. The van der Waals surface area contributed by atoms with E-state index in [-0.39, 0.29) is 11.8 Å². The molecule has 0 aliphatic rings. The second-order valence-corrected chi connectivity index (χ2v) is 6.16. The molecule has 3 aromatic rings. The van der Waals surface area contributed by atoms with Crippen molar-refractivity contribution in [1.82, 2.24) is 9.55 Å². The summed E-state index contributed by atoms with van der Waals surface area (Å²) >= 11 is 14.0. The molecule has 1 heterocycles. The molecule has 20 heavy (non-hydrogen) atoms. The topological polar surface area (TPSA) is 43.8 Å². The number of benzene rings is 2. The van der Waals surface area contributed by atoms with Crippen LogP contribution in [0.4, 0.5) is 10.3 Å². The van der Waals surface area contributed by atoms with Gasteiger partial charge in [-0.2, -0.15) is 0 Å². The van der Waals surface area contributed by atoms with Crippen LogP contribution in [0.25, 0.3) is 16.7 Å². The van der Waals surface area contributed by atoms with Gasteiger partial charge in [-0.15, -0.1) is 0 Å². The summed E-state index contributed by atoms with van der Waals surface area (Å²) < 4.78 is 15.9. The molecule has 0 bridgehead atoms. The van der Waals surface area contributed by atoms with Crippen LogP contribution < -0.4 is 5.73 Å². The molecule has 0 amide bonds. The number of imidazole rings is 1. The second kappa shape index (κ2) is 5.05. The van der Waals surface area contributed by atoms with Crippen LogP contribution in [0, 0.1) is 9.39 Å². The summed E-state index contributed by atoms with van der Waals surface area (Å²) in [5.41, 5.74) is 7.71. The van der Waals surface area contributed by atoms with Gasteiger partial charge in [0.05, 0.1) is 25.3 Å². The Morgan fingerprint density at radius 3 is 2.65 bits per heavy atom. The Bertz CT molecular complexity index is 832. The predicted octanol–water partition coefficient (Wildman–Crippen LogP) is 4.66. The molecule has 0 saturated carbocycles. The Morgan fingerprint density at radius 2 is 1.95 bits per heavy atom. The van der Waals surface area contributed by atoms with Crippen molar-refractivity contribution >= 4 is 62.8 Å². The number of halogens is 4. The summed E-state index contributed by atoms with van der Waals surface area (Å²) in [4.78, 5) is 4.23. The van der Waals surface area contributed by atoms with Crippen LogP contribution in [0.15, 0.2) is 30.3 Å². The molecule has 0 saturated heterocycles.